The summed E-state index contributed by atoms with van der Waals surface area (Å²) in [5.74, 6) is -0.219. The molecule has 0 aliphatic carbocycles. The molecule has 0 radical (unpaired) electrons. The largest absolute Gasteiger partial charge is 0.326 e. The van der Waals surface area contributed by atoms with Crippen molar-refractivity contribution in [1.29, 1.82) is 0 Å². The molecule has 108 valence electrons. The molecule has 0 atom stereocenters. The summed E-state index contributed by atoms with van der Waals surface area (Å²) in [4.78, 5) is 25.2. The maximum Gasteiger partial charge on any atom is 0.266 e. The van der Waals surface area contributed by atoms with Gasteiger partial charge in [-0.2, -0.15) is 0 Å². The molecule has 0 unspecified atom stereocenters. The molecule has 1 fully saturated rings. The second-order valence-corrected chi connectivity index (χ2v) is 6.06. The zero-order valence-electron chi connectivity index (χ0n) is 11.5. The Hall–Kier alpha value is -1.92. The number of nitrogens with zero attached hydrogens (tertiary/aromatic N) is 1. The van der Waals surface area contributed by atoms with Crippen molar-refractivity contribution in [3.8, 4) is 0 Å². The van der Waals surface area contributed by atoms with Gasteiger partial charge in [0.25, 0.3) is 5.91 Å². The number of benzene rings is 1. The van der Waals surface area contributed by atoms with Crippen LogP contribution in [-0.4, -0.2) is 27.6 Å². The lowest BCUT2D eigenvalue weighted by Crippen LogP contribution is -2.27. The quantitative estimate of drug-likeness (QED) is 0.527. The fourth-order valence-electron chi connectivity index (χ4n) is 1.80. The van der Waals surface area contributed by atoms with Crippen LogP contribution in [0.3, 0.4) is 0 Å². The van der Waals surface area contributed by atoms with E-state index in [2.05, 4.69) is 11.9 Å². The first-order chi connectivity index (χ1) is 10.0. The van der Waals surface area contributed by atoms with Gasteiger partial charge in [0.05, 0.1) is 4.91 Å². The smallest absolute Gasteiger partial charge is 0.266 e. The van der Waals surface area contributed by atoms with Crippen LogP contribution in [0.25, 0.3) is 6.08 Å². The number of hydrogen-bond donors (Lipinski definition) is 1. The summed E-state index contributed by atoms with van der Waals surface area (Å²) in [6, 6.07) is 7.26. The Morgan fingerprint density at radius 3 is 2.67 bits per heavy atom. The molecule has 0 spiro atoms. The van der Waals surface area contributed by atoms with Gasteiger partial charge in [0.1, 0.15) is 4.32 Å². The highest BCUT2D eigenvalue weighted by molar-refractivity contribution is 8.26. The lowest BCUT2D eigenvalue weighted by atomic mass is 10.2. The third-order valence-electron chi connectivity index (χ3n) is 2.71. The highest BCUT2D eigenvalue weighted by Gasteiger charge is 2.30. The van der Waals surface area contributed by atoms with E-state index in [0.717, 1.165) is 11.3 Å². The molecule has 1 heterocycles. The van der Waals surface area contributed by atoms with Crippen LogP contribution in [0.2, 0.25) is 0 Å². The SMILES string of the molecule is C=CCN1C(=O)/C(=C/c2ccc(NC(C)=O)cc2)SC1=S. The maximum atomic E-state index is 12.2. The number of anilines is 1. The number of carbonyl (C=O) groups excluding carboxylic acids is 2. The van der Waals surface area contributed by atoms with Gasteiger partial charge in [0.2, 0.25) is 5.91 Å². The van der Waals surface area contributed by atoms with Gasteiger partial charge >= 0.3 is 0 Å². The lowest BCUT2D eigenvalue weighted by Gasteiger charge is -2.10. The third kappa shape index (κ3) is 3.80. The Balaban J connectivity index is 2.16. The van der Waals surface area contributed by atoms with Crippen molar-refractivity contribution < 1.29 is 9.59 Å². The highest BCUT2D eigenvalue weighted by Crippen LogP contribution is 2.32. The first-order valence-electron chi connectivity index (χ1n) is 6.25. The number of thioether (sulfide) groups is 1. The molecule has 6 heteroatoms. The summed E-state index contributed by atoms with van der Waals surface area (Å²) in [7, 11) is 0. The fraction of sp³-hybridized carbons (Fsp3) is 0.133. The Morgan fingerprint density at radius 1 is 1.43 bits per heavy atom. The third-order valence-corrected chi connectivity index (χ3v) is 4.09. The van der Waals surface area contributed by atoms with E-state index in [1.54, 1.807) is 24.3 Å². The van der Waals surface area contributed by atoms with Gasteiger partial charge in [-0.25, -0.2) is 0 Å². The van der Waals surface area contributed by atoms with Crippen molar-refractivity contribution in [3.05, 3.63) is 47.4 Å². The van der Waals surface area contributed by atoms with Gasteiger partial charge in [0.15, 0.2) is 0 Å². The monoisotopic (exact) mass is 318 g/mol. The van der Waals surface area contributed by atoms with Crippen LogP contribution in [0.4, 0.5) is 5.69 Å². The van der Waals surface area contributed by atoms with E-state index in [0.29, 0.717) is 15.8 Å². The molecule has 2 rings (SSSR count). The molecular weight excluding hydrogens is 304 g/mol. The van der Waals surface area contributed by atoms with E-state index in [9.17, 15) is 9.59 Å². The molecule has 1 aromatic rings. The van der Waals surface area contributed by atoms with Gasteiger partial charge < -0.3 is 5.32 Å². The Kier molecular flexibility index (Phi) is 4.93. The first kappa shape index (κ1) is 15.5. The molecular formula is C15H14N2O2S2. The lowest BCUT2D eigenvalue weighted by molar-refractivity contribution is -0.121. The molecule has 0 saturated carbocycles. The van der Waals surface area contributed by atoms with Gasteiger partial charge in [-0.15, -0.1) is 6.58 Å². The van der Waals surface area contributed by atoms with E-state index >= 15 is 0 Å². The van der Waals surface area contributed by atoms with Crippen molar-refractivity contribution in [3.63, 3.8) is 0 Å². The second kappa shape index (κ2) is 6.69. The molecule has 4 nitrogen and oxygen atoms in total. The molecule has 0 bridgehead atoms. The molecule has 1 aromatic carbocycles. The van der Waals surface area contributed by atoms with Gasteiger partial charge in [-0.3, -0.25) is 14.5 Å². The molecule has 21 heavy (non-hydrogen) atoms. The minimum atomic E-state index is -0.118. The number of rotatable bonds is 4. The number of carbonyl (C=O) groups is 2. The Labute approximate surface area is 132 Å². The van der Waals surface area contributed by atoms with Crippen LogP contribution in [-0.2, 0) is 9.59 Å². The predicted molar refractivity (Wildman–Crippen MR) is 90.8 cm³/mol. The summed E-state index contributed by atoms with van der Waals surface area (Å²) < 4.78 is 0.543. The normalized spacial score (nSPS) is 16.4. The molecule has 2 amide bonds. The summed E-state index contributed by atoms with van der Waals surface area (Å²) in [6.07, 6.45) is 3.44. The first-order valence-corrected chi connectivity index (χ1v) is 7.47. The second-order valence-electron chi connectivity index (χ2n) is 4.38. The minimum absolute atomic E-state index is 0.101. The standard InChI is InChI=1S/C15H14N2O2S2/c1-3-8-17-14(19)13(21-15(17)20)9-11-4-6-12(7-5-11)16-10(2)18/h3-7,9H,1,8H2,2H3,(H,16,18)/b13-9-. The van der Waals surface area contributed by atoms with Crippen molar-refractivity contribution in [1.82, 2.24) is 4.90 Å². The van der Waals surface area contributed by atoms with E-state index in [4.69, 9.17) is 12.2 Å². The highest BCUT2D eigenvalue weighted by atomic mass is 32.2. The van der Waals surface area contributed by atoms with Crippen molar-refractivity contribution >= 4 is 51.9 Å². The van der Waals surface area contributed by atoms with Crippen LogP contribution < -0.4 is 5.32 Å². The van der Waals surface area contributed by atoms with Crippen LogP contribution in [0.5, 0.6) is 0 Å². The minimum Gasteiger partial charge on any atom is -0.326 e. The Morgan fingerprint density at radius 2 is 2.10 bits per heavy atom. The summed E-state index contributed by atoms with van der Waals surface area (Å²) in [5.41, 5.74) is 1.60. The van der Waals surface area contributed by atoms with Crippen molar-refractivity contribution in [2.24, 2.45) is 0 Å². The maximum absolute atomic E-state index is 12.2. The number of thiocarbonyl (C=S) groups is 1. The average molecular weight is 318 g/mol. The van der Waals surface area contributed by atoms with Gasteiger partial charge in [-0.05, 0) is 23.8 Å². The van der Waals surface area contributed by atoms with Crippen molar-refractivity contribution in [2.75, 3.05) is 11.9 Å². The summed E-state index contributed by atoms with van der Waals surface area (Å²) >= 11 is 6.46. The number of hydrogen-bond acceptors (Lipinski definition) is 4. The topological polar surface area (TPSA) is 49.4 Å². The number of nitrogens with one attached hydrogen (secondary N) is 1. The van der Waals surface area contributed by atoms with Gasteiger partial charge in [-0.1, -0.05) is 42.2 Å². The molecule has 1 N–H and O–H groups in total. The van der Waals surface area contributed by atoms with E-state index < -0.39 is 0 Å². The predicted octanol–water partition coefficient (Wildman–Crippen LogP) is 3.03. The summed E-state index contributed by atoms with van der Waals surface area (Å²) in [6.45, 7) is 5.50. The molecule has 1 aliphatic heterocycles. The average Bonchev–Trinajstić information content (AvgIpc) is 2.69. The fourth-order valence-corrected chi connectivity index (χ4v) is 3.08. The van der Waals surface area contributed by atoms with E-state index in [1.165, 1.54) is 23.6 Å². The number of amides is 2. The van der Waals surface area contributed by atoms with E-state index in [-0.39, 0.29) is 11.8 Å². The van der Waals surface area contributed by atoms with Crippen molar-refractivity contribution in [2.45, 2.75) is 6.92 Å². The van der Waals surface area contributed by atoms with Crippen LogP contribution in [0, 0.1) is 0 Å². The van der Waals surface area contributed by atoms with Crippen LogP contribution in [0.15, 0.2) is 41.8 Å². The zero-order valence-corrected chi connectivity index (χ0v) is 13.1. The van der Waals surface area contributed by atoms with Gasteiger partial charge in [0, 0.05) is 19.2 Å². The molecule has 1 aliphatic rings. The van der Waals surface area contributed by atoms with Crippen LogP contribution in [0.1, 0.15) is 12.5 Å². The summed E-state index contributed by atoms with van der Waals surface area (Å²) in [5, 5.41) is 2.69. The molecule has 1 saturated heterocycles. The molecule has 0 aromatic heterocycles. The zero-order chi connectivity index (χ0) is 15.4. The van der Waals surface area contributed by atoms with Crippen LogP contribution >= 0.6 is 24.0 Å². The van der Waals surface area contributed by atoms with E-state index in [1.807, 2.05) is 12.1 Å². The Bertz CT molecular complexity index is 636.